The number of anilines is 1. The molecule has 3 N–H and O–H groups in total. The molecule has 2 aliphatic heterocycles. The second-order valence-electron chi connectivity index (χ2n) is 7.36. The van der Waals surface area contributed by atoms with Crippen molar-refractivity contribution in [1.29, 1.82) is 0 Å². The van der Waals surface area contributed by atoms with Crippen molar-refractivity contribution in [3.8, 4) is 11.3 Å². The molecular weight excluding hydrogens is 347 g/mol. The summed E-state index contributed by atoms with van der Waals surface area (Å²) >= 11 is 0. The Bertz CT molecular complexity index is 835. The molecule has 3 atom stereocenters. The molecule has 0 aromatic carbocycles. The molecular formula is C17H18F3N5O. The molecule has 3 fully saturated rings. The Morgan fingerprint density at radius 2 is 1.92 bits per heavy atom. The number of fused-ring (bicyclic) bond motifs is 1. The maximum atomic E-state index is 13.0. The lowest BCUT2D eigenvalue weighted by Gasteiger charge is -2.35. The second kappa shape index (κ2) is 5.43. The highest BCUT2D eigenvalue weighted by molar-refractivity contribution is 5.62. The normalized spacial score (nSPS) is 28.8. The molecule has 138 valence electrons. The van der Waals surface area contributed by atoms with E-state index >= 15 is 0 Å². The molecule has 5 rings (SSSR count). The van der Waals surface area contributed by atoms with Crippen LogP contribution in [0.3, 0.4) is 0 Å². The predicted molar refractivity (Wildman–Crippen MR) is 87.1 cm³/mol. The zero-order valence-corrected chi connectivity index (χ0v) is 13.8. The van der Waals surface area contributed by atoms with E-state index in [4.69, 9.17) is 10.5 Å². The number of ether oxygens (including phenoxy) is 1. The molecule has 2 saturated heterocycles. The van der Waals surface area contributed by atoms with Gasteiger partial charge in [0, 0.05) is 36.5 Å². The number of pyridine rings is 1. The van der Waals surface area contributed by atoms with E-state index in [1.807, 2.05) is 6.07 Å². The van der Waals surface area contributed by atoms with E-state index in [1.165, 1.54) is 6.20 Å². The maximum Gasteiger partial charge on any atom is 0.419 e. The van der Waals surface area contributed by atoms with Crippen LogP contribution in [0.4, 0.5) is 19.0 Å². The molecule has 3 aliphatic rings. The predicted octanol–water partition coefficient (Wildman–Crippen LogP) is 2.12. The van der Waals surface area contributed by atoms with E-state index < -0.39 is 17.6 Å². The van der Waals surface area contributed by atoms with Gasteiger partial charge in [0.15, 0.2) is 0 Å². The van der Waals surface area contributed by atoms with Gasteiger partial charge in [-0.15, -0.1) is 0 Å². The number of hydrogen-bond donors (Lipinski definition) is 2. The summed E-state index contributed by atoms with van der Waals surface area (Å²) in [5, 5.41) is 7.21. The van der Waals surface area contributed by atoms with Crippen LogP contribution in [0.5, 0.6) is 0 Å². The second-order valence-corrected chi connectivity index (χ2v) is 7.36. The number of alkyl halides is 3. The van der Waals surface area contributed by atoms with Crippen LogP contribution in [0, 0.1) is 11.8 Å². The first-order valence-corrected chi connectivity index (χ1v) is 8.62. The molecule has 0 radical (unpaired) electrons. The van der Waals surface area contributed by atoms with Gasteiger partial charge in [-0.1, -0.05) is 0 Å². The zero-order valence-electron chi connectivity index (χ0n) is 13.8. The van der Waals surface area contributed by atoms with E-state index in [2.05, 4.69) is 20.1 Å². The minimum absolute atomic E-state index is 0.313. The summed E-state index contributed by atoms with van der Waals surface area (Å²) in [6.45, 7) is 3.76. The molecule has 2 aromatic heterocycles. The Labute approximate surface area is 147 Å². The van der Waals surface area contributed by atoms with Crippen LogP contribution in [0.2, 0.25) is 0 Å². The van der Waals surface area contributed by atoms with Crippen LogP contribution in [0.25, 0.3) is 11.3 Å². The number of rotatable bonds is 3. The topological polar surface area (TPSA) is 80.1 Å². The van der Waals surface area contributed by atoms with Crippen molar-refractivity contribution in [2.75, 3.05) is 32.0 Å². The first-order chi connectivity index (χ1) is 12.4. The molecule has 0 amide bonds. The summed E-state index contributed by atoms with van der Waals surface area (Å²) in [6.07, 6.45) is -3.20. The van der Waals surface area contributed by atoms with Gasteiger partial charge in [-0.25, -0.2) is 4.98 Å². The Kier molecular flexibility index (Phi) is 3.36. The lowest BCUT2D eigenvalue weighted by Crippen LogP contribution is -2.48. The lowest BCUT2D eigenvalue weighted by atomic mass is 10.1. The fourth-order valence-corrected chi connectivity index (χ4v) is 4.25. The van der Waals surface area contributed by atoms with Gasteiger partial charge in [-0.2, -0.15) is 18.3 Å². The Morgan fingerprint density at radius 1 is 1.19 bits per heavy atom. The quantitative estimate of drug-likeness (QED) is 0.871. The molecule has 0 bridgehead atoms. The third-order valence-electron chi connectivity index (χ3n) is 5.84. The van der Waals surface area contributed by atoms with Crippen molar-refractivity contribution in [2.45, 2.75) is 18.1 Å². The first kappa shape index (κ1) is 16.1. The average molecular weight is 365 g/mol. The van der Waals surface area contributed by atoms with Crippen molar-refractivity contribution in [3.63, 3.8) is 0 Å². The molecule has 26 heavy (non-hydrogen) atoms. The van der Waals surface area contributed by atoms with E-state index in [-0.39, 0.29) is 0 Å². The van der Waals surface area contributed by atoms with Crippen LogP contribution in [0.1, 0.15) is 17.2 Å². The summed E-state index contributed by atoms with van der Waals surface area (Å²) in [5.74, 6) is 1.09. The number of nitrogens with one attached hydrogen (secondary N) is 1. The fourth-order valence-electron chi connectivity index (χ4n) is 4.25. The van der Waals surface area contributed by atoms with Crippen molar-refractivity contribution in [2.24, 2.45) is 11.8 Å². The molecule has 2 aromatic rings. The zero-order chi connectivity index (χ0) is 18.1. The number of nitrogen functional groups attached to an aromatic ring is 1. The molecule has 4 heterocycles. The highest BCUT2D eigenvalue weighted by Gasteiger charge is 2.58. The van der Waals surface area contributed by atoms with Gasteiger partial charge < -0.3 is 10.5 Å². The molecule has 0 spiro atoms. The van der Waals surface area contributed by atoms with Crippen LogP contribution in [-0.4, -0.2) is 52.4 Å². The largest absolute Gasteiger partial charge is 0.419 e. The summed E-state index contributed by atoms with van der Waals surface area (Å²) in [7, 11) is 0. The van der Waals surface area contributed by atoms with Gasteiger partial charge in [0.1, 0.15) is 5.82 Å². The molecule has 1 unspecified atom stereocenters. The number of aromatic nitrogens is 3. The molecule has 6 nitrogen and oxygen atoms in total. The lowest BCUT2D eigenvalue weighted by molar-refractivity contribution is -0.137. The standard InChI is InChI=1S/C17H18F3N5O/c18-17(19,20)12-1-8(3-22-16(12)21)13-2-14(24-23-13)15-10-4-25(5-11(10)15)9-6-26-7-9/h1-3,9-11,15H,4-7H2,(H2,21,22)(H,23,24)/t10-,11+,15?. The third-order valence-corrected chi connectivity index (χ3v) is 5.84. The third kappa shape index (κ3) is 2.49. The summed E-state index contributed by atoms with van der Waals surface area (Å²) < 4.78 is 44.3. The van der Waals surface area contributed by atoms with Gasteiger partial charge in [0.2, 0.25) is 0 Å². The highest BCUT2D eigenvalue weighted by Crippen LogP contribution is 2.58. The van der Waals surface area contributed by atoms with Gasteiger partial charge in [-0.05, 0) is 24.0 Å². The number of piperidine rings is 1. The van der Waals surface area contributed by atoms with Gasteiger partial charge in [0.25, 0.3) is 0 Å². The molecule has 9 heteroatoms. The fraction of sp³-hybridized carbons (Fsp3) is 0.529. The number of aromatic amines is 1. The first-order valence-electron chi connectivity index (χ1n) is 8.62. The van der Waals surface area contributed by atoms with Crippen LogP contribution in [0.15, 0.2) is 18.3 Å². The summed E-state index contributed by atoms with van der Waals surface area (Å²) in [4.78, 5) is 6.16. The van der Waals surface area contributed by atoms with Crippen LogP contribution < -0.4 is 5.73 Å². The number of hydrogen-bond acceptors (Lipinski definition) is 5. The van der Waals surface area contributed by atoms with E-state index in [0.29, 0.717) is 35.1 Å². The Morgan fingerprint density at radius 3 is 2.54 bits per heavy atom. The van der Waals surface area contributed by atoms with E-state index in [1.54, 1.807) is 0 Å². The summed E-state index contributed by atoms with van der Waals surface area (Å²) in [5.41, 5.74) is 6.20. The minimum Gasteiger partial charge on any atom is -0.383 e. The van der Waals surface area contributed by atoms with Crippen LogP contribution in [-0.2, 0) is 10.9 Å². The Balaban J connectivity index is 1.33. The Hall–Kier alpha value is -2.13. The van der Waals surface area contributed by atoms with Crippen molar-refractivity contribution >= 4 is 5.82 Å². The average Bonchev–Trinajstić information content (AvgIpc) is 2.90. The van der Waals surface area contributed by atoms with Gasteiger partial charge >= 0.3 is 6.18 Å². The highest BCUT2D eigenvalue weighted by atomic mass is 19.4. The monoisotopic (exact) mass is 365 g/mol. The number of nitrogens with two attached hydrogens (primary N) is 1. The van der Waals surface area contributed by atoms with Gasteiger partial charge in [-0.3, -0.25) is 10.00 Å². The number of nitrogens with zero attached hydrogens (tertiary/aromatic N) is 3. The minimum atomic E-state index is -4.53. The van der Waals surface area contributed by atoms with Crippen LogP contribution >= 0.6 is 0 Å². The van der Waals surface area contributed by atoms with Crippen molar-refractivity contribution < 1.29 is 17.9 Å². The number of likely N-dealkylation sites (tertiary alicyclic amines) is 1. The smallest absolute Gasteiger partial charge is 0.383 e. The number of H-pyrrole nitrogens is 1. The molecule has 1 saturated carbocycles. The van der Waals surface area contributed by atoms with E-state index in [9.17, 15) is 13.2 Å². The number of halogens is 3. The SMILES string of the molecule is Nc1ncc(-c2cc(C3[C@H]4CN(C5COC5)C[C@@H]34)[nH]n2)cc1C(F)(F)F. The van der Waals surface area contributed by atoms with Crippen molar-refractivity contribution in [1.82, 2.24) is 20.1 Å². The molecule has 1 aliphatic carbocycles. The van der Waals surface area contributed by atoms with Crippen molar-refractivity contribution in [3.05, 3.63) is 29.6 Å². The van der Waals surface area contributed by atoms with E-state index in [0.717, 1.165) is 38.1 Å². The van der Waals surface area contributed by atoms with Gasteiger partial charge in [0.05, 0.1) is 30.5 Å². The summed E-state index contributed by atoms with van der Waals surface area (Å²) in [6, 6.07) is 3.41. The maximum absolute atomic E-state index is 13.0.